The summed E-state index contributed by atoms with van der Waals surface area (Å²) >= 11 is -0.826. The van der Waals surface area contributed by atoms with E-state index in [-0.39, 0.29) is 5.41 Å². The molecule has 244 valence electrons. The molecule has 2 radical (unpaired) electrons. The molecule has 47 heavy (non-hydrogen) atoms. The first-order valence-corrected chi connectivity index (χ1v) is 24.7. The van der Waals surface area contributed by atoms with Crippen LogP contribution in [-0.2, 0) is 26.3 Å². The molecule has 0 aliphatic heterocycles. The summed E-state index contributed by atoms with van der Waals surface area (Å²) in [5.74, 6) is 0.578. The van der Waals surface area contributed by atoms with Crippen LogP contribution in [0.2, 0.25) is 13.1 Å². The van der Waals surface area contributed by atoms with Crippen LogP contribution in [0.3, 0.4) is 0 Å². The van der Waals surface area contributed by atoms with Crippen molar-refractivity contribution in [3.8, 4) is 22.3 Å². The zero-order chi connectivity index (χ0) is 34.9. The van der Waals surface area contributed by atoms with Gasteiger partial charge in [-0.05, 0) is 47.4 Å². The molecule has 0 N–H and O–H groups in total. The van der Waals surface area contributed by atoms with Crippen LogP contribution >= 0.6 is 17.0 Å². The first kappa shape index (κ1) is 39.2. The van der Waals surface area contributed by atoms with Gasteiger partial charge in [0.05, 0.1) is 0 Å². The van der Waals surface area contributed by atoms with Gasteiger partial charge in [-0.25, -0.2) is 0 Å². The molecule has 0 unspecified atom stereocenters. The van der Waals surface area contributed by atoms with E-state index in [2.05, 4.69) is 172 Å². The summed E-state index contributed by atoms with van der Waals surface area (Å²) < 4.78 is 0. The second-order valence-electron chi connectivity index (χ2n) is 13.8. The summed E-state index contributed by atoms with van der Waals surface area (Å²) in [5.41, 5.74) is 13.7. The van der Waals surface area contributed by atoms with Gasteiger partial charge < -0.3 is 0 Å². The van der Waals surface area contributed by atoms with Gasteiger partial charge in [0.15, 0.2) is 0 Å². The van der Waals surface area contributed by atoms with Gasteiger partial charge >= 0.3 is 37.9 Å². The quantitative estimate of drug-likeness (QED) is 0.125. The molecule has 0 saturated heterocycles. The summed E-state index contributed by atoms with van der Waals surface area (Å²) in [6.07, 6.45) is 0. The predicted molar refractivity (Wildman–Crippen MR) is 211 cm³/mol. The number of rotatable bonds is 3. The van der Waals surface area contributed by atoms with Crippen LogP contribution in [0.4, 0.5) is 0 Å². The van der Waals surface area contributed by atoms with Crippen molar-refractivity contribution in [2.24, 2.45) is 0 Å². The summed E-state index contributed by atoms with van der Waals surface area (Å²) in [6, 6.07) is 36.1. The Morgan fingerprint density at radius 2 is 1.30 bits per heavy atom. The fourth-order valence-electron chi connectivity index (χ4n) is 5.84. The van der Waals surface area contributed by atoms with E-state index in [1.807, 2.05) is 0 Å². The van der Waals surface area contributed by atoms with Crippen molar-refractivity contribution in [1.29, 1.82) is 0 Å². The number of halogens is 2. The van der Waals surface area contributed by atoms with Crippen molar-refractivity contribution >= 4 is 48.1 Å². The fraction of sp³-hybridized carbons (Fsp3) is 0.302. The molecule has 0 heterocycles. The second-order valence-corrected chi connectivity index (χ2v) is 18.5. The van der Waals surface area contributed by atoms with E-state index in [9.17, 15) is 0 Å². The predicted octanol–water partition coefficient (Wildman–Crippen LogP) is 14.3. The van der Waals surface area contributed by atoms with E-state index in [0.29, 0.717) is 5.92 Å². The van der Waals surface area contributed by atoms with E-state index in [1.54, 1.807) is 0 Å². The molecule has 0 aliphatic rings. The minimum absolute atomic E-state index is 0.206. The first-order chi connectivity index (χ1) is 22.2. The molecule has 0 saturated carbocycles. The van der Waals surface area contributed by atoms with E-state index in [0.717, 1.165) is 9.52 Å². The number of hydrogen-bond donors (Lipinski definition) is 0. The minimum atomic E-state index is -0.826. The second kappa shape index (κ2) is 18.0. The molecule has 0 fully saturated rings. The average molecular weight is 757 g/mol. The van der Waals surface area contributed by atoms with Gasteiger partial charge in [-0.1, -0.05) is 133 Å². The van der Waals surface area contributed by atoms with Gasteiger partial charge in [-0.2, -0.15) is 12.1 Å². The molecule has 0 atom stereocenters. The molecule has 0 spiro atoms. The van der Waals surface area contributed by atoms with Gasteiger partial charge in [-0.3, -0.25) is 0 Å². The van der Waals surface area contributed by atoms with Crippen LogP contribution in [0.15, 0.2) is 97.1 Å². The zero-order valence-corrected chi connectivity index (χ0v) is 35.0. The number of aryl methyl sites for hydroxylation is 4. The van der Waals surface area contributed by atoms with Crippen molar-refractivity contribution < 1.29 is 20.8 Å². The van der Waals surface area contributed by atoms with Crippen molar-refractivity contribution in [3.63, 3.8) is 0 Å². The maximum atomic E-state index is 4.93. The van der Waals surface area contributed by atoms with E-state index >= 15 is 0 Å². The molecule has 6 aromatic carbocycles. The third-order valence-corrected chi connectivity index (χ3v) is 8.43. The monoisotopic (exact) mass is 754 g/mol. The zero-order valence-electron chi connectivity index (χ0n) is 30.1. The molecule has 6 aromatic rings. The summed E-state index contributed by atoms with van der Waals surface area (Å²) in [5, 5.41) is 5.48. The fourth-order valence-corrected chi connectivity index (χ4v) is 5.84. The SMILES string of the molecule is C[Si]C.Cc1cc2c(-c3ccc(C(C)(C)C)cc3)ccc(C)c2[cH-]1.Cc1ccc(C)c(-c2cccc3[cH-]c(C(C)C)cc23)c1.[Cl][Zr+2][Cl]. The third-order valence-electron chi connectivity index (χ3n) is 8.43. The van der Waals surface area contributed by atoms with E-state index < -0.39 is 20.8 Å². The Morgan fingerprint density at radius 3 is 1.89 bits per heavy atom. The Hall–Kier alpha value is -2.22. The topological polar surface area (TPSA) is 0 Å². The van der Waals surface area contributed by atoms with Gasteiger partial charge in [0.2, 0.25) is 0 Å². The summed E-state index contributed by atoms with van der Waals surface area (Å²) in [4.78, 5) is 0. The Bertz CT molecular complexity index is 1860. The number of benzene rings is 4. The molecule has 0 bridgehead atoms. The molecule has 4 heteroatoms. The van der Waals surface area contributed by atoms with Crippen LogP contribution in [0, 0.1) is 27.7 Å². The first-order valence-electron chi connectivity index (χ1n) is 16.3. The average Bonchev–Trinajstić information content (AvgIpc) is 3.64. The van der Waals surface area contributed by atoms with Crippen LogP contribution in [0.25, 0.3) is 43.8 Å². The third kappa shape index (κ3) is 10.4. The van der Waals surface area contributed by atoms with Gasteiger partial charge in [0.25, 0.3) is 0 Å². The molecule has 0 aromatic heterocycles. The molecular formula is C43H50Cl2SiZr. The number of fused-ring (bicyclic) bond motifs is 2. The maximum absolute atomic E-state index is 4.93. The van der Waals surface area contributed by atoms with Crippen LogP contribution < -0.4 is 0 Å². The van der Waals surface area contributed by atoms with Crippen LogP contribution in [0.1, 0.15) is 73.9 Å². The van der Waals surface area contributed by atoms with E-state index in [1.165, 1.54) is 77.2 Å². The van der Waals surface area contributed by atoms with Crippen LogP contribution in [-0.4, -0.2) is 9.52 Å². The summed E-state index contributed by atoms with van der Waals surface area (Å²) in [7, 11) is 11.0. The molecular weight excluding hydrogens is 707 g/mol. The number of hydrogen-bond acceptors (Lipinski definition) is 0. The molecule has 0 nitrogen and oxygen atoms in total. The Labute approximate surface area is 306 Å². The van der Waals surface area contributed by atoms with Gasteiger partial charge in [-0.15, -0.1) is 68.6 Å². The van der Waals surface area contributed by atoms with Gasteiger partial charge in [0, 0.05) is 9.52 Å². The molecule has 6 rings (SSSR count). The van der Waals surface area contributed by atoms with Crippen molar-refractivity contribution in [2.45, 2.75) is 86.7 Å². The Balaban J connectivity index is 0.000000219. The van der Waals surface area contributed by atoms with Crippen molar-refractivity contribution in [3.05, 3.63) is 130 Å². The Morgan fingerprint density at radius 1 is 0.681 bits per heavy atom. The summed E-state index contributed by atoms with van der Waals surface area (Å²) in [6.45, 7) is 24.3. The van der Waals surface area contributed by atoms with E-state index in [4.69, 9.17) is 17.0 Å². The standard InChI is InChI=1S/C21H23.C20H21.C2H6Si.2ClH.Zr/c1-14-12-19-15(2)6-11-18(20(19)13-14)16-7-9-17(10-8-16)21(3,4)5;1-13(2)17-11-16-6-5-7-18(20(16)12-17)19-10-14(3)8-9-15(19)4;1-3-2;;;/h6-13H,1-5H3;5-13H,1-4H3;1-2H3;2*1H;/q2*-1;;;;+4/p-2. The van der Waals surface area contributed by atoms with Crippen molar-refractivity contribution in [1.82, 2.24) is 0 Å². The van der Waals surface area contributed by atoms with Crippen molar-refractivity contribution in [2.75, 3.05) is 0 Å². The molecule has 0 amide bonds. The molecule has 0 aliphatic carbocycles. The normalized spacial score (nSPS) is 10.9. The Kier molecular flexibility index (Phi) is 15.0. The van der Waals surface area contributed by atoms with Crippen LogP contribution in [0.5, 0.6) is 0 Å². The van der Waals surface area contributed by atoms with Gasteiger partial charge in [0.1, 0.15) is 0 Å².